The Morgan fingerprint density at radius 3 is 2.43 bits per heavy atom. The van der Waals surface area contributed by atoms with E-state index in [-0.39, 0.29) is 16.1 Å². The zero-order chi connectivity index (χ0) is 15.6. The van der Waals surface area contributed by atoms with Gasteiger partial charge in [-0.2, -0.15) is 0 Å². The lowest BCUT2D eigenvalue weighted by Crippen LogP contribution is -2.14. The van der Waals surface area contributed by atoms with Crippen molar-refractivity contribution in [1.82, 2.24) is 0 Å². The van der Waals surface area contributed by atoms with Crippen LogP contribution in [-0.2, 0) is 10.0 Å². The molecule has 21 heavy (non-hydrogen) atoms. The minimum absolute atomic E-state index is 0.0701. The molecule has 110 valence electrons. The summed E-state index contributed by atoms with van der Waals surface area (Å²) in [6, 6.07) is 10.7. The van der Waals surface area contributed by atoms with Crippen LogP contribution in [0, 0.1) is 6.92 Å². The number of carboxylic acids is 1. The molecular weight excluding hydrogens is 358 g/mol. The highest BCUT2D eigenvalue weighted by molar-refractivity contribution is 9.10. The van der Waals surface area contributed by atoms with Crippen LogP contribution in [0.3, 0.4) is 0 Å². The van der Waals surface area contributed by atoms with Crippen molar-refractivity contribution < 1.29 is 18.3 Å². The van der Waals surface area contributed by atoms with Gasteiger partial charge in [0.05, 0.1) is 16.1 Å². The van der Waals surface area contributed by atoms with Crippen molar-refractivity contribution in [2.75, 3.05) is 4.72 Å². The van der Waals surface area contributed by atoms with Crippen LogP contribution < -0.4 is 4.72 Å². The summed E-state index contributed by atoms with van der Waals surface area (Å²) in [5.74, 6) is -1.08. The van der Waals surface area contributed by atoms with Crippen molar-refractivity contribution >= 4 is 37.6 Å². The third kappa shape index (κ3) is 3.43. The van der Waals surface area contributed by atoms with Gasteiger partial charge in [0.15, 0.2) is 0 Å². The van der Waals surface area contributed by atoms with E-state index in [1.165, 1.54) is 24.3 Å². The lowest BCUT2D eigenvalue weighted by Gasteiger charge is -2.12. The highest BCUT2D eigenvalue weighted by atomic mass is 79.9. The zero-order valence-corrected chi connectivity index (χ0v) is 13.4. The highest BCUT2D eigenvalue weighted by Gasteiger charge is 2.18. The molecule has 0 amide bonds. The largest absolute Gasteiger partial charge is 0.478 e. The van der Waals surface area contributed by atoms with E-state index in [2.05, 4.69) is 20.7 Å². The Morgan fingerprint density at radius 2 is 1.86 bits per heavy atom. The van der Waals surface area contributed by atoms with Gasteiger partial charge in [-0.1, -0.05) is 18.2 Å². The number of nitrogens with one attached hydrogen (secondary N) is 1. The molecule has 7 heteroatoms. The van der Waals surface area contributed by atoms with E-state index in [9.17, 15) is 13.2 Å². The Hall–Kier alpha value is -1.86. The minimum atomic E-state index is -3.73. The van der Waals surface area contributed by atoms with Crippen molar-refractivity contribution in [3.63, 3.8) is 0 Å². The van der Waals surface area contributed by atoms with Crippen LogP contribution in [0.4, 0.5) is 5.69 Å². The summed E-state index contributed by atoms with van der Waals surface area (Å²) < 4.78 is 27.5. The average molecular weight is 370 g/mol. The van der Waals surface area contributed by atoms with E-state index < -0.39 is 16.0 Å². The minimum Gasteiger partial charge on any atom is -0.478 e. The fourth-order valence-corrected chi connectivity index (χ4v) is 3.72. The molecule has 0 aromatic heterocycles. The van der Waals surface area contributed by atoms with Gasteiger partial charge in [0.1, 0.15) is 0 Å². The Kier molecular flexibility index (Phi) is 4.34. The number of halogens is 1. The number of anilines is 1. The number of sulfonamides is 1. The maximum Gasteiger partial charge on any atom is 0.335 e. The first-order chi connectivity index (χ1) is 9.81. The summed E-state index contributed by atoms with van der Waals surface area (Å²) >= 11 is 3.17. The fourth-order valence-electron chi connectivity index (χ4n) is 1.79. The number of carbonyl (C=O) groups is 1. The van der Waals surface area contributed by atoms with Crippen LogP contribution in [0.25, 0.3) is 0 Å². The standard InChI is InChI=1S/C14H12BrNO4S/c1-9-4-2-3-5-13(9)21(19,20)16-12-7-6-10(14(17)18)8-11(12)15/h2-8,16H,1H3,(H,17,18). The summed E-state index contributed by atoms with van der Waals surface area (Å²) in [6.45, 7) is 1.71. The lowest BCUT2D eigenvalue weighted by atomic mass is 10.2. The molecule has 0 aliphatic carbocycles. The third-order valence-electron chi connectivity index (χ3n) is 2.84. The quantitative estimate of drug-likeness (QED) is 0.866. The summed E-state index contributed by atoms with van der Waals surface area (Å²) in [5.41, 5.74) is 0.979. The molecule has 0 saturated carbocycles. The summed E-state index contributed by atoms with van der Waals surface area (Å²) in [5, 5.41) is 8.89. The van der Waals surface area contributed by atoms with E-state index in [4.69, 9.17) is 5.11 Å². The number of carboxylic acid groups (broad SMARTS) is 1. The van der Waals surface area contributed by atoms with Crippen LogP contribution in [0.1, 0.15) is 15.9 Å². The molecule has 0 saturated heterocycles. The number of hydrogen-bond acceptors (Lipinski definition) is 3. The topological polar surface area (TPSA) is 83.5 Å². The number of hydrogen-bond donors (Lipinski definition) is 2. The van der Waals surface area contributed by atoms with Crippen molar-refractivity contribution in [2.45, 2.75) is 11.8 Å². The smallest absolute Gasteiger partial charge is 0.335 e. The molecule has 2 rings (SSSR count). The van der Waals surface area contributed by atoms with E-state index in [0.29, 0.717) is 10.0 Å². The van der Waals surface area contributed by atoms with Crippen molar-refractivity contribution in [3.05, 3.63) is 58.1 Å². The normalized spacial score (nSPS) is 11.1. The maximum atomic E-state index is 12.3. The van der Waals surface area contributed by atoms with E-state index in [1.807, 2.05) is 0 Å². The SMILES string of the molecule is Cc1ccccc1S(=O)(=O)Nc1ccc(C(=O)O)cc1Br. The Morgan fingerprint density at radius 1 is 1.19 bits per heavy atom. The Bertz CT molecular complexity index is 802. The van der Waals surface area contributed by atoms with Crippen molar-refractivity contribution in [3.8, 4) is 0 Å². The van der Waals surface area contributed by atoms with E-state index >= 15 is 0 Å². The first-order valence-electron chi connectivity index (χ1n) is 5.92. The highest BCUT2D eigenvalue weighted by Crippen LogP contribution is 2.27. The molecule has 5 nitrogen and oxygen atoms in total. The predicted molar refractivity (Wildman–Crippen MR) is 83.1 cm³/mol. The molecule has 0 unspecified atom stereocenters. The Labute approximate surface area is 130 Å². The number of benzene rings is 2. The first kappa shape index (κ1) is 15.5. The van der Waals surface area contributed by atoms with Gasteiger partial charge >= 0.3 is 5.97 Å². The number of rotatable bonds is 4. The predicted octanol–water partition coefficient (Wildman–Crippen LogP) is 3.26. The maximum absolute atomic E-state index is 12.3. The molecule has 0 fully saturated rings. The van der Waals surface area contributed by atoms with Gasteiger partial charge in [-0.25, -0.2) is 13.2 Å². The van der Waals surface area contributed by atoms with E-state index in [1.54, 1.807) is 25.1 Å². The van der Waals surface area contributed by atoms with Gasteiger partial charge in [-0.3, -0.25) is 4.72 Å². The van der Waals surface area contributed by atoms with Crippen molar-refractivity contribution in [2.24, 2.45) is 0 Å². The molecule has 2 aromatic carbocycles. The second-order valence-corrected chi connectivity index (χ2v) is 6.88. The molecule has 0 heterocycles. The average Bonchev–Trinajstić information content (AvgIpc) is 2.41. The van der Waals surface area contributed by atoms with Crippen LogP contribution in [0.15, 0.2) is 51.8 Å². The molecule has 2 N–H and O–H groups in total. The summed E-state index contributed by atoms with van der Waals surface area (Å²) in [6.07, 6.45) is 0. The lowest BCUT2D eigenvalue weighted by molar-refractivity contribution is 0.0697. The second kappa shape index (κ2) is 5.87. The van der Waals surface area contributed by atoms with E-state index in [0.717, 1.165) is 0 Å². The molecule has 0 radical (unpaired) electrons. The van der Waals surface area contributed by atoms with Gasteiger partial charge in [-0.15, -0.1) is 0 Å². The Balaban J connectivity index is 2.38. The molecule has 0 spiro atoms. The van der Waals surface area contributed by atoms with Crippen LogP contribution in [0.2, 0.25) is 0 Å². The molecule has 0 aliphatic heterocycles. The van der Waals surface area contributed by atoms with Crippen LogP contribution >= 0.6 is 15.9 Å². The van der Waals surface area contributed by atoms with Gasteiger partial charge in [0, 0.05) is 4.47 Å². The second-order valence-electron chi connectivity index (χ2n) is 4.37. The molecule has 2 aromatic rings. The van der Waals surface area contributed by atoms with Crippen LogP contribution in [0.5, 0.6) is 0 Å². The molecule has 0 atom stereocenters. The van der Waals surface area contributed by atoms with Gasteiger partial charge < -0.3 is 5.11 Å². The number of aromatic carboxylic acids is 1. The fraction of sp³-hybridized carbons (Fsp3) is 0.0714. The number of aryl methyl sites for hydroxylation is 1. The van der Waals surface area contributed by atoms with Crippen LogP contribution in [-0.4, -0.2) is 19.5 Å². The summed E-state index contributed by atoms with van der Waals surface area (Å²) in [4.78, 5) is 11.0. The molecule has 0 aliphatic rings. The van der Waals surface area contributed by atoms with Gasteiger partial charge in [-0.05, 0) is 52.7 Å². The molecular formula is C14H12BrNO4S. The van der Waals surface area contributed by atoms with Gasteiger partial charge in [0.2, 0.25) is 0 Å². The summed E-state index contributed by atoms with van der Waals surface area (Å²) in [7, 11) is -3.73. The van der Waals surface area contributed by atoms with Gasteiger partial charge in [0.25, 0.3) is 10.0 Å². The third-order valence-corrected chi connectivity index (χ3v) is 5.03. The van der Waals surface area contributed by atoms with Crippen molar-refractivity contribution in [1.29, 1.82) is 0 Å². The monoisotopic (exact) mass is 369 g/mol. The zero-order valence-electron chi connectivity index (χ0n) is 11.0. The first-order valence-corrected chi connectivity index (χ1v) is 8.20. The molecule has 0 bridgehead atoms.